The average Bonchev–Trinajstić information content (AvgIpc) is 3.17. The third-order valence-electron chi connectivity index (χ3n) is 4.49. The standard InChI is InChI=1S/C20H13F7N4O3S/c21-13-2-5-15(6-3-13)35(32,33)10-17-29-18(34-30-17)9-31(11-19(22,23)24)14-4-1-12(8-28)16(7-14)20(25,26)27/h1-7H,9-11H2. The van der Waals surface area contributed by atoms with E-state index in [2.05, 4.69) is 10.1 Å². The number of halogens is 7. The molecule has 0 aliphatic heterocycles. The first-order chi connectivity index (χ1) is 16.2. The third kappa shape index (κ3) is 6.69. The van der Waals surface area contributed by atoms with Gasteiger partial charge in [0.05, 0.1) is 28.6 Å². The fourth-order valence-electron chi connectivity index (χ4n) is 2.99. The first-order valence-electron chi connectivity index (χ1n) is 9.41. The highest BCUT2D eigenvalue weighted by atomic mass is 32.2. The minimum absolute atomic E-state index is 0.263. The van der Waals surface area contributed by atoms with Crippen LogP contribution >= 0.6 is 0 Å². The third-order valence-corrected chi connectivity index (χ3v) is 6.12. The molecule has 0 bridgehead atoms. The molecule has 0 radical (unpaired) electrons. The van der Waals surface area contributed by atoms with E-state index in [1.54, 1.807) is 0 Å². The second kappa shape index (κ2) is 9.53. The number of hydrogen-bond acceptors (Lipinski definition) is 7. The van der Waals surface area contributed by atoms with E-state index >= 15 is 0 Å². The monoisotopic (exact) mass is 522 g/mol. The van der Waals surface area contributed by atoms with Crippen LogP contribution in [0.5, 0.6) is 0 Å². The molecule has 0 N–H and O–H groups in total. The normalized spacial score (nSPS) is 12.4. The van der Waals surface area contributed by atoms with E-state index in [1.165, 1.54) is 6.07 Å². The Labute approximate surface area is 193 Å². The Morgan fingerprint density at radius 2 is 1.69 bits per heavy atom. The summed E-state index contributed by atoms with van der Waals surface area (Å²) in [5.74, 6) is -2.42. The second-order valence-corrected chi connectivity index (χ2v) is 9.12. The van der Waals surface area contributed by atoms with E-state index in [4.69, 9.17) is 9.78 Å². The summed E-state index contributed by atoms with van der Waals surface area (Å²) < 4.78 is 122. The Kier molecular flexibility index (Phi) is 7.06. The Balaban J connectivity index is 1.88. The van der Waals surface area contributed by atoms with Crippen LogP contribution in [-0.2, 0) is 28.3 Å². The molecule has 0 aliphatic carbocycles. The Bertz CT molecular complexity index is 1340. The SMILES string of the molecule is N#Cc1ccc(N(Cc2nc(CS(=O)(=O)c3ccc(F)cc3)no2)CC(F)(F)F)cc1C(F)(F)F. The second-order valence-electron chi connectivity index (χ2n) is 7.13. The number of nitriles is 1. The lowest BCUT2D eigenvalue weighted by Crippen LogP contribution is -2.34. The molecular formula is C20H13F7N4O3S. The lowest BCUT2D eigenvalue weighted by Gasteiger charge is -2.25. The number of alkyl halides is 6. The van der Waals surface area contributed by atoms with Gasteiger partial charge in [0.15, 0.2) is 15.7 Å². The van der Waals surface area contributed by atoms with Crippen LogP contribution in [0, 0.1) is 17.1 Å². The van der Waals surface area contributed by atoms with Crippen LogP contribution in [0.1, 0.15) is 22.8 Å². The molecular weight excluding hydrogens is 509 g/mol. The van der Waals surface area contributed by atoms with E-state index in [-0.39, 0.29) is 4.90 Å². The van der Waals surface area contributed by atoms with Crippen molar-refractivity contribution in [1.29, 1.82) is 5.26 Å². The van der Waals surface area contributed by atoms with E-state index in [9.17, 15) is 39.2 Å². The quantitative estimate of drug-likeness (QED) is 0.329. The maximum atomic E-state index is 13.3. The van der Waals surface area contributed by atoms with E-state index in [0.29, 0.717) is 11.0 Å². The molecule has 0 atom stereocenters. The van der Waals surface area contributed by atoms with Gasteiger partial charge in [-0.15, -0.1) is 0 Å². The zero-order chi connectivity index (χ0) is 26.0. The Hall–Kier alpha value is -3.67. The first-order valence-corrected chi connectivity index (χ1v) is 11.1. The number of sulfone groups is 1. The molecule has 0 unspecified atom stereocenters. The number of hydrogen-bond donors (Lipinski definition) is 0. The highest BCUT2D eigenvalue weighted by molar-refractivity contribution is 7.90. The fraction of sp³-hybridized carbons (Fsp3) is 0.250. The van der Waals surface area contributed by atoms with Crippen molar-refractivity contribution in [2.24, 2.45) is 0 Å². The van der Waals surface area contributed by atoms with Gasteiger partial charge in [-0.1, -0.05) is 5.16 Å². The van der Waals surface area contributed by atoms with Crippen molar-refractivity contribution in [1.82, 2.24) is 10.1 Å². The molecule has 1 aromatic heterocycles. The summed E-state index contributed by atoms with van der Waals surface area (Å²) in [5.41, 5.74) is -2.74. The predicted molar refractivity (Wildman–Crippen MR) is 105 cm³/mol. The van der Waals surface area contributed by atoms with Crippen molar-refractivity contribution in [3.63, 3.8) is 0 Å². The van der Waals surface area contributed by atoms with Crippen molar-refractivity contribution in [3.05, 3.63) is 71.1 Å². The van der Waals surface area contributed by atoms with E-state index in [1.807, 2.05) is 0 Å². The summed E-state index contributed by atoms with van der Waals surface area (Å²) in [6.45, 7) is -2.52. The smallest absolute Gasteiger partial charge is 0.353 e. The maximum Gasteiger partial charge on any atom is 0.417 e. The summed E-state index contributed by atoms with van der Waals surface area (Å²) in [6, 6.07) is 7.17. The molecule has 15 heteroatoms. The minimum atomic E-state index is -5.00. The zero-order valence-corrected chi connectivity index (χ0v) is 18.0. The summed E-state index contributed by atoms with van der Waals surface area (Å²) in [5, 5.41) is 12.3. The van der Waals surface area contributed by atoms with Crippen LogP contribution in [0.4, 0.5) is 36.4 Å². The van der Waals surface area contributed by atoms with Crippen molar-refractivity contribution < 1.29 is 43.7 Å². The molecule has 0 fully saturated rings. The van der Waals surface area contributed by atoms with Gasteiger partial charge < -0.3 is 9.42 Å². The van der Waals surface area contributed by atoms with Crippen LogP contribution < -0.4 is 4.90 Å². The topological polar surface area (TPSA) is 100 Å². The van der Waals surface area contributed by atoms with Gasteiger partial charge in [0.2, 0.25) is 5.89 Å². The molecule has 7 nitrogen and oxygen atoms in total. The highest BCUT2D eigenvalue weighted by Crippen LogP contribution is 2.35. The number of benzene rings is 2. The molecule has 1 heterocycles. The number of nitrogens with zero attached hydrogens (tertiary/aromatic N) is 4. The molecule has 0 saturated heterocycles. The van der Waals surface area contributed by atoms with Gasteiger partial charge in [-0.2, -0.15) is 36.6 Å². The highest BCUT2D eigenvalue weighted by Gasteiger charge is 2.36. The van der Waals surface area contributed by atoms with Crippen LogP contribution in [0.25, 0.3) is 0 Å². The molecule has 0 spiro atoms. The van der Waals surface area contributed by atoms with Crippen LogP contribution in [0.2, 0.25) is 0 Å². The number of anilines is 1. The summed E-state index contributed by atoms with van der Waals surface area (Å²) in [6.07, 6.45) is -9.85. The van der Waals surface area contributed by atoms with Gasteiger partial charge in [0.25, 0.3) is 0 Å². The van der Waals surface area contributed by atoms with Crippen molar-refractivity contribution in [3.8, 4) is 6.07 Å². The van der Waals surface area contributed by atoms with Crippen molar-refractivity contribution in [2.75, 3.05) is 11.4 Å². The molecule has 0 saturated carbocycles. The van der Waals surface area contributed by atoms with Crippen LogP contribution in [0.3, 0.4) is 0 Å². The van der Waals surface area contributed by atoms with E-state index < -0.39 is 75.4 Å². The lowest BCUT2D eigenvalue weighted by atomic mass is 10.1. The summed E-state index contributed by atoms with van der Waals surface area (Å²) in [4.78, 5) is 3.92. The summed E-state index contributed by atoms with van der Waals surface area (Å²) >= 11 is 0. The number of aromatic nitrogens is 2. The van der Waals surface area contributed by atoms with Gasteiger partial charge in [-0.05, 0) is 42.5 Å². The van der Waals surface area contributed by atoms with Crippen molar-refractivity contribution >= 4 is 15.5 Å². The fourth-order valence-corrected chi connectivity index (χ4v) is 4.16. The largest absolute Gasteiger partial charge is 0.417 e. The number of rotatable bonds is 7. The predicted octanol–water partition coefficient (Wildman–Crippen LogP) is 4.64. The average molecular weight is 522 g/mol. The van der Waals surface area contributed by atoms with Crippen molar-refractivity contribution in [2.45, 2.75) is 29.5 Å². The zero-order valence-electron chi connectivity index (χ0n) is 17.2. The van der Waals surface area contributed by atoms with Gasteiger partial charge in [0.1, 0.15) is 18.1 Å². The minimum Gasteiger partial charge on any atom is -0.353 e. The van der Waals surface area contributed by atoms with Crippen LogP contribution in [0.15, 0.2) is 51.9 Å². The molecule has 186 valence electrons. The molecule has 3 rings (SSSR count). The molecule has 35 heavy (non-hydrogen) atoms. The summed E-state index contributed by atoms with van der Waals surface area (Å²) in [7, 11) is -4.06. The first kappa shape index (κ1) is 25.9. The molecule has 0 amide bonds. The van der Waals surface area contributed by atoms with Gasteiger partial charge in [0, 0.05) is 5.69 Å². The van der Waals surface area contributed by atoms with Gasteiger partial charge in [-0.3, -0.25) is 0 Å². The molecule has 3 aromatic rings. The lowest BCUT2D eigenvalue weighted by molar-refractivity contribution is -0.137. The Morgan fingerprint density at radius 3 is 2.26 bits per heavy atom. The van der Waals surface area contributed by atoms with Gasteiger partial charge in [-0.25, -0.2) is 12.8 Å². The van der Waals surface area contributed by atoms with E-state index in [0.717, 1.165) is 36.4 Å². The molecule has 0 aliphatic rings. The Morgan fingerprint density at radius 1 is 1.03 bits per heavy atom. The molecule has 2 aromatic carbocycles. The van der Waals surface area contributed by atoms with Gasteiger partial charge >= 0.3 is 12.4 Å². The van der Waals surface area contributed by atoms with Crippen LogP contribution in [-0.4, -0.2) is 31.3 Å². The maximum absolute atomic E-state index is 13.3.